The van der Waals surface area contributed by atoms with E-state index in [1.807, 2.05) is 48.5 Å². The van der Waals surface area contributed by atoms with Crippen molar-refractivity contribution in [2.24, 2.45) is 0 Å². The molecule has 0 bridgehead atoms. The largest absolute Gasteiger partial charge is 0.505 e. The topological polar surface area (TPSA) is 68.8 Å². The number of nitrogens with zero attached hydrogens (tertiary/aromatic N) is 2. The molecule has 0 aliphatic heterocycles. The van der Waals surface area contributed by atoms with E-state index in [1.165, 1.54) is 43.8 Å². The average molecular weight is 1040 g/mol. The van der Waals surface area contributed by atoms with Gasteiger partial charge in [0.05, 0.1) is 45.6 Å². The minimum absolute atomic E-state index is 0. The van der Waals surface area contributed by atoms with Crippen LogP contribution in [-0.4, -0.2) is 31.6 Å². The lowest BCUT2D eigenvalue weighted by Gasteiger charge is -2.24. The monoisotopic (exact) mass is 1040 g/mol. The molecule has 0 aliphatic rings. The van der Waals surface area contributed by atoms with E-state index in [1.54, 1.807) is 0 Å². The van der Waals surface area contributed by atoms with Gasteiger partial charge in [0.2, 0.25) is 0 Å². The van der Waals surface area contributed by atoms with Crippen molar-refractivity contribution in [3.05, 3.63) is 179 Å². The molecule has 0 spiro atoms. The molecular formula is C72H82N2O4. The maximum Gasteiger partial charge on any atom is 0.147 e. The van der Waals surface area contributed by atoms with Gasteiger partial charge in [0.25, 0.3) is 0 Å². The van der Waals surface area contributed by atoms with Gasteiger partial charge in [-0.15, -0.1) is 0 Å². The zero-order valence-electron chi connectivity index (χ0n) is 48.3. The predicted octanol–water partition coefficient (Wildman–Crippen LogP) is 19.7. The van der Waals surface area contributed by atoms with Gasteiger partial charge >= 0.3 is 0 Å². The molecule has 0 saturated carbocycles. The molecule has 10 aromatic rings. The highest BCUT2D eigenvalue weighted by Crippen LogP contribution is 2.47. The first kappa shape index (κ1) is 55.3. The first-order valence-electron chi connectivity index (χ1n) is 27.6. The van der Waals surface area contributed by atoms with E-state index in [0.29, 0.717) is 29.0 Å². The Kier molecular flexibility index (Phi) is 14.3. The standard InChI is InChI=1S/C71H78N2O4.CH4/c1-42-33-56(66(74)62(35-42)72-58-29-25-46(68(5,6)7)38-52(58)53-39-47(69(8,9)10)26-30-59(53)72)50-21-17-19-23-64(50)76-44(3)37-45(4)77-65-24-20-18-22-51(65)57-34-43(2)36-63(67(57)75)73-60-31-27-48(70(11,12)13)40-54(60)55-41-49(71(14,15)16)28-32-61(55)73;/h17-36,38-41,44-45,74-75H,37H2,1-16H3;1H4/t44-,45?;/m0./s1. The van der Waals surface area contributed by atoms with Crippen LogP contribution in [0.2, 0.25) is 0 Å². The number of aryl methyl sites for hydroxylation is 2. The third-order valence-corrected chi connectivity index (χ3v) is 15.6. The van der Waals surface area contributed by atoms with Gasteiger partial charge in [-0.05, 0) is 168 Å². The number of fused-ring (bicyclic) bond motifs is 6. The molecule has 0 amide bonds. The summed E-state index contributed by atoms with van der Waals surface area (Å²) in [4.78, 5) is 0. The van der Waals surface area contributed by atoms with Crippen LogP contribution in [0.25, 0.3) is 77.2 Å². The number of para-hydroxylation sites is 2. The van der Waals surface area contributed by atoms with Crippen LogP contribution in [0.15, 0.2) is 146 Å². The Bertz CT molecular complexity index is 3520. The fraction of sp³-hybridized carbons (Fsp3) is 0.333. The molecule has 0 aliphatic carbocycles. The highest BCUT2D eigenvalue weighted by Gasteiger charge is 2.27. The minimum atomic E-state index is -0.261. The van der Waals surface area contributed by atoms with Crippen LogP contribution >= 0.6 is 0 Å². The molecule has 0 radical (unpaired) electrons. The third kappa shape index (κ3) is 10.3. The van der Waals surface area contributed by atoms with Crippen LogP contribution in [0.1, 0.15) is 144 Å². The van der Waals surface area contributed by atoms with Crippen molar-refractivity contribution < 1.29 is 19.7 Å². The third-order valence-electron chi connectivity index (χ3n) is 15.6. The van der Waals surface area contributed by atoms with E-state index in [2.05, 4.69) is 217 Å². The summed E-state index contributed by atoms with van der Waals surface area (Å²) in [6.07, 6.45) is 0.0488. The molecular weight excluding hydrogens is 957 g/mol. The van der Waals surface area contributed by atoms with Crippen molar-refractivity contribution >= 4 is 43.6 Å². The number of hydrogen-bond acceptors (Lipinski definition) is 4. The quantitative estimate of drug-likeness (QED) is 0.143. The minimum Gasteiger partial charge on any atom is -0.505 e. The summed E-state index contributed by atoms with van der Waals surface area (Å²) in [5.74, 6) is 1.74. The van der Waals surface area contributed by atoms with Gasteiger partial charge in [-0.25, -0.2) is 0 Å². The van der Waals surface area contributed by atoms with Crippen molar-refractivity contribution in [1.82, 2.24) is 9.13 Å². The normalized spacial score (nSPS) is 13.3. The van der Waals surface area contributed by atoms with Gasteiger partial charge in [-0.2, -0.15) is 0 Å². The fourth-order valence-corrected chi connectivity index (χ4v) is 11.3. The summed E-state index contributed by atoms with van der Waals surface area (Å²) in [5, 5.41) is 29.8. The molecule has 0 saturated heterocycles. The Balaban J connectivity index is 0.00000740. The number of aromatic nitrogens is 2. The zero-order valence-corrected chi connectivity index (χ0v) is 48.3. The van der Waals surface area contributed by atoms with Crippen LogP contribution in [0, 0.1) is 13.8 Å². The highest BCUT2D eigenvalue weighted by molar-refractivity contribution is 6.11. The predicted molar refractivity (Wildman–Crippen MR) is 332 cm³/mol. The molecule has 6 nitrogen and oxygen atoms in total. The Morgan fingerprint density at radius 1 is 0.385 bits per heavy atom. The van der Waals surface area contributed by atoms with Crippen LogP contribution < -0.4 is 9.47 Å². The number of ether oxygens (including phenoxy) is 2. The second-order valence-corrected chi connectivity index (χ2v) is 26.0. The smallest absolute Gasteiger partial charge is 0.147 e. The fourth-order valence-electron chi connectivity index (χ4n) is 11.3. The second kappa shape index (κ2) is 20.1. The molecule has 10 rings (SSSR count). The maximum atomic E-state index is 12.6. The maximum absolute atomic E-state index is 12.6. The highest BCUT2D eigenvalue weighted by atomic mass is 16.5. The summed E-state index contributed by atoms with van der Waals surface area (Å²) in [5.41, 5.74) is 15.7. The lowest BCUT2D eigenvalue weighted by atomic mass is 9.85. The molecule has 78 heavy (non-hydrogen) atoms. The molecule has 6 heteroatoms. The van der Waals surface area contributed by atoms with E-state index in [9.17, 15) is 10.2 Å². The molecule has 1 unspecified atom stereocenters. The Morgan fingerprint density at radius 3 is 0.949 bits per heavy atom. The van der Waals surface area contributed by atoms with Crippen molar-refractivity contribution in [2.75, 3.05) is 0 Å². The summed E-state index contributed by atoms with van der Waals surface area (Å²) < 4.78 is 18.2. The Morgan fingerprint density at radius 2 is 0.667 bits per heavy atom. The summed E-state index contributed by atoms with van der Waals surface area (Å²) in [6, 6.07) is 51.4. The van der Waals surface area contributed by atoms with E-state index < -0.39 is 0 Å². The molecule has 2 N–H and O–H groups in total. The van der Waals surface area contributed by atoms with Crippen LogP contribution in [0.4, 0.5) is 0 Å². The van der Waals surface area contributed by atoms with E-state index in [-0.39, 0.29) is 52.8 Å². The first-order chi connectivity index (χ1) is 36.2. The van der Waals surface area contributed by atoms with Crippen molar-refractivity contribution in [2.45, 2.75) is 158 Å². The van der Waals surface area contributed by atoms with Gasteiger partial charge < -0.3 is 28.8 Å². The van der Waals surface area contributed by atoms with E-state index in [4.69, 9.17) is 9.47 Å². The van der Waals surface area contributed by atoms with Crippen LogP contribution in [0.3, 0.4) is 0 Å². The SMILES string of the molecule is C.Cc1cc(-c2ccccc2OC(C)C[C@H](C)Oc2ccccc2-c2cc(C)cc(-n3c4ccc(C(C)(C)C)cc4c4cc(C(C)(C)C)ccc43)c2O)c(O)c(-n2c3ccc(C(C)(C)C)cc3c3cc(C(C)(C)C)ccc32)c1. The Hall–Kier alpha value is -7.44. The summed E-state index contributed by atoms with van der Waals surface area (Å²) in [6.45, 7) is 35.4. The van der Waals surface area contributed by atoms with Gasteiger partial charge in [-0.1, -0.05) is 151 Å². The van der Waals surface area contributed by atoms with Crippen molar-refractivity contribution in [1.29, 1.82) is 0 Å². The van der Waals surface area contributed by atoms with Crippen molar-refractivity contribution in [3.8, 4) is 56.6 Å². The van der Waals surface area contributed by atoms with Gasteiger partial charge in [-0.3, -0.25) is 0 Å². The lowest BCUT2D eigenvalue weighted by molar-refractivity contribution is 0.131. The van der Waals surface area contributed by atoms with E-state index >= 15 is 0 Å². The van der Waals surface area contributed by atoms with Crippen LogP contribution in [-0.2, 0) is 21.7 Å². The molecule has 2 heterocycles. The molecule has 404 valence electrons. The summed E-state index contributed by atoms with van der Waals surface area (Å²) in [7, 11) is 0. The van der Waals surface area contributed by atoms with Gasteiger partial charge in [0.1, 0.15) is 23.0 Å². The average Bonchev–Trinajstić information content (AvgIpc) is 3.96. The first-order valence-corrected chi connectivity index (χ1v) is 27.6. The lowest BCUT2D eigenvalue weighted by Crippen LogP contribution is -2.23. The number of hydrogen-bond donors (Lipinski definition) is 2. The van der Waals surface area contributed by atoms with Crippen molar-refractivity contribution in [3.63, 3.8) is 0 Å². The van der Waals surface area contributed by atoms with E-state index in [0.717, 1.165) is 55.7 Å². The number of phenolic OH excluding ortho intramolecular Hbond substituents is 2. The Labute approximate surface area is 464 Å². The molecule has 0 fully saturated rings. The number of rotatable bonds is 10. The number of aromatic hydroxyl groups is 2. The second-order valence-electron chi connectivity index (χ2n) is 26.0. The van der Waals surface area contributed by atoms with Gasteiger partial charge in [0, 0.05) is 50.2 Å². The number of phenols is 2. The zero-order chi connectivity index (χ0) is 55.3. The summed E-state index contributed by atoms with van der Waals surface area (Å²) >= 11 is 0. The van der Waals surface area contributed by atoms with Crippen LogP contribution in [0.5, 0.6) is 23.0 Å². The number of benzene rings is 8. The van der Waals surface area contributed by atoms with Gasteiger partial charge in [0.15, 0.2) is 0 Å². The molecule has 2 aromatic heterocycles. The molecule has 2 atom stereocenters. The molecule has 8 aromatic carbocycles.